The average Bonchev–Trinajstić information content (AvgIpc) is 3.17. The number of ether oxygens (including phenoxy) is 1. The zero-order valence-electron chi connectivity index (χ0n) is 14.4. The van der Waals surface area contributed by atoms with Crippen LogP contribution in [0.5, 0.6) is 5.75 Å². The number of benzene rings is 1. The molecule has 1 aromatic carbocycles. The fourth-order valence-corrected chi connectivity index (χ4v) is 3.73. The van der Waals surface area contributed by atoms with Crippen molar-refractivity contribution in [3.63, 3.8) is 0 Å². The van der Waals surface area contributed by atoms with Crippen molar-refractivity contribution in [1.29, 1.82) is 0 Å². The molecule has 1 unspecified atom stereocenters. The average molecular weight is 364 g/mol. The van der Waals surface area contributed by atoms with Crippen LogP contribution < -0.4 is 9.64 Å². The summed E-state index contributed by atoms with van der Waals surface area (Å²) in [4.78, 5) is 15.4. The molecule has 132 valence electrons. The van der Waals surface area contributed by atoms with Crippen molar-refractivity contribution in [2.24, 2.45) is 0 Å². The molecule has 1 atom stereocenters. The van der Waals surface area contributed by atoms with E-state index in [0.717, 1.165) is 41.9 Å². The first-order valence-electron chi connectivity index (χ1n) is 8.67. The molecule has 0 amide bonds. The van der Waals surface area contributed by atoms with Crippen molar-refractivity contribution in [3.05, 3.63) is 72.8 Å². The van der Waals surface area contributed by atoms with Gasteiger partial charge in [-0.15, -0.1) is 11.8 Å². The van der Waals surface area contributed by atoms with Crippen LogP contribution in [-0.4, -0.2) is 34.1 Å². The molecule has 1 aliphatic rings. The lowest BCUT2D eigenvalue weighted by Crippen LogP contribution is -2.25. The molecule has 0 spiro atoms. The lowest BCUT2D eigenvalue weighted by atomic mass is 10.2. The Hall–Kier alpha value is -2.60. The number of pyridine rings is 1. The van der Waals surface area contributed by atoms with Crippen LogP contribution in [0.2, 0.25) is 0 Å². The van der Waals surface area contributed by atoms with Gasteiger partial charge in [0.1, 0.15) is 22.7 Å². The first kappa shape index (κ1) is 16.8. The number of hydrogen-bond donors (Lipinski definition) is 0. The molecule has 6 heteroatoms. The minimum atomic E-state index is 0.167. The summed E-state index contributed by atoms with van der Waals surface area (Å²) in [6.07, 6.45) is 8.31. The summed E-state index contributed by atoms with van der Waals surface area (Å²) in [6.45, 7) is 1.75. The van der Waals surface area contributed by atoms with Gasteiger partial charge in [-0.1, -0.05) is 30.3 Å². The monoisotopic (exact) mass is 364 g/mol. The summed E-state index contributed by atoms with van der Waals surface area (Å²) in [7, 11) is 0. The highest BCUT2D eigenvalue weighted by Crippen LogP contribution is 2.25. The third kappa shape index (κ3) is 4.32. The first-order valence-corrected chi connectivity index (χ1v) is 9.66. The third-order valence-electron chi connectivity index (χ3n) is 4.25. The topological polar surface area (TPSA) is 51.1 Å². The summed E-state index contributed by atoms with van der Waals surface area (Å²) in [5.41, 5.74) is 1.29. The van der Waals surface area contributed by atoms with E-state index in [1.165, 1.54) is 5.56 Å². The van der Waals surface area contributed by atoms with E-state index in [0.29, 0.717) is 0 Å². The molecule has 4 rings (SSSR count). The molecule has 1 saturated heterocycles. The molecule has 0 bridgehead atoms. The van der Waals surface area contributed by atoms with Crippen LogP contribution in [0.15, 0.2) is 72.3 Å². The maximum absolute atomic E-state index is 6.03. The summed E-state index contributed by atoms with van der Waals surface area (Å²) < 4.78 is 6.03. The van der Waals surface area contributed by atoms with Gasteiger partial charge in [-0.05, 0) is 17.7 Å². The van der Waals surface area contributed by atoms with Gasteiger partial charge in [-0.2, -0.15) is 0 Å². The Balaban J connectivity index is 1.36. The van der Waals surface area contributed by atoms with Crippen LogP contribution in [0.1, 0.15) is 12.0 Å². The van der Waals surface area contributed by atoms with Crippen molar-refractivity contribution in [1.82, 2.24) is 15.0 Å². The summed E-state index contributed by atoms with van der Waals surface area (Å²) in [6, 6.07) is 14.2. The number of hydrogen-bond acceptors (Lipinski definition) is 6. The molecular weight excluding hydrogens is 344 g/mol. The van der Waals surface area contributed by atoms with Gasteiger partial charge in [0.15, 0.2) is 0 Å². The molecule has 0 radical (unpaired) electrons. The normalized spacial score (nSPS) is 16.6. The molecule has 1 aliphatic heterocycles. The number of anilines is 1. The molecule has 0 N–H and O–H groups in total. The second-order valence-electron chi connectivity index (χ2n) is 6.15. The standard InChI is InChI=1S/C20H20N4OS/c1-2-4-16(5-3-1)15-26-20-13-22-12-19(23-20)24-11-8-18(14-24)25-17-6-9-21-10-7-17/h1-7,9-10,12-13,18H,8,11,14-15H2. The fraction of sp³-hybridized carbons (Fsp3) is 0.250. The molecule has 5 nitrogen and oxygen atoms in total. The maximum atomic E-state index is 6.03. The van der Waals surface area contributed by atoms with Crippen LogP contribution in [0.3, 0.4) is 0 Å². The van der Waals surface area contributed by atoms with Gasteiger partial charge < -0.3 is 9.64 Å². The Kier molecular flexibility index (Phi) is 5.30. The van der Waals surface area contributed by atoms with E-state index in [-0.39, 0.29) is 6.10 Å². The van der Waals surface area contributed by atoms with Crippen molar-refractivity contribution in [2.75, 3.05) is 18.0 Å². The molecule has 26 heavy (non-hydrogen) atoms. The van der Waals surface area contributed by atoms with E-state index < -0.39 is 0 Å². The quantitative estimate of drug-likeness (QED) is 0.620. The minimum Gasteiger partial charge on any atom is -0.488 e. The Morgan fingerprint density at radius 3 is 2.73 bits per heavy atom. The largest absolute Gasteiger partial charge is 0.488 e. The van der Waals surface area contributed by atoms with Gasteiger partial charge in [-0.3, -0.25) is 9.97 Å². The van der Waals surface area contributed by atoms with Crippen LogP contribution in [0.4, 0.5) is 5.82 Å². The summed E-state index contributed by atoms with van der Waals surface area (Å²) in [5.74, 6) is 2.68. The lowest BCUT2D eigenvalue weighted by molar-refractivity contribution is 0.224. The molecule has 3 heterocycles. The maximum Gasteiger partial charge on any atom is 0.148 e. The predicted octanol–water partition coefficient (Wildman–Crippen LogP) is 3.82. The lowest BCUT2D eigenvalue weighted by Gasteiger charge is -2.18. The van der Waals surface area contributed by atoms with E-state index in [4.69, 9.17) is 9.72 Å². The van der Waals surface area contributed by atoms with E-state index in [1.807, 2.05) is 30.6 Å². The van der Waals surface area contributed by atoms with Gasteiger partial charge in [0.2, 0.25) is 0 Å². The van der Waals surface area contributed by atoms with Gasteiger partial charge in [0.25, 0.3) is 0 Å². The second kappa shape index (κ2) is 8.19. The van der Waals surface area contributed by atoms with Crippen molar-refractivity contribution in [3.8, 4) is 5.75 Å². The van der Waals surface area contributed by atoms with Gasteiger partial charge >= 0.3 is 0 Å². The second-order valence-corrected chi connectivity index (χ2v) is 7.14. The van der Waals surface area contributed by atoms with Gasteiger partial charge in [-0.25, -0.2) is 4.98 Å². The van der Waals surface area contributed by atoms with Crippen LogP contribution >= 0.6 is 11.8 Å². The third-order valence-corrected chi connectivity index (χ3v) is 5.22. The molecule has 2 aromatic heterocycles. The van der Waals surface area contributed by atoms with Gasteiger partial charge in [0.05, 0.1) is 18.9 Å². The van der Waals surface area contributed by atoms with Crippen molar-refractivity contribution < 1.29 is 4.74 Å². The van der Waals surface area contributed by atoms with E-state index in [1.54, 1.807) is 24.2 Å². The summed E-state index contributed by atoms with van der Waals surface area (Å²) in [5, 5.41) is 0.949. The smallest absolute Gasteiger partial charge is 0.148 e. The van der Waals surface area contributed by atoms with E-state index in [9.17, 15) is 0 Å². The number of rotatable bonds is 6. The highest BCUT2D eigenvalue weighted by molar-refractivity contribution is 7.98. The molecular formula is C20H20N4OS. The zero-order valence-corrected chi connectivity index (χ0v) is 15.2. The van der Waals surface area contributed by atoms with Crippen LogP contribution in [-0.2, 0) is 5.75 Å². The van der Waals surface area contributed by atoms with E-state index in [2.05, 4.69) is 39.1 Å². The molecule has 0 saturated carbocycles. The number of nitrogens with zero attached hydrogens (tertiary/aromatic N) is 4. The fourth-order valence-electron chi connectivity index (χ4n) is 2.93. The Bertz CT molecular complexity index is 831. The van der Waals surface area contributed by atoms with Crippen molar-refractivity contribution >= 4 is 17.6 Å². The highest BCUT2D eigenvalue weighted by Gasteiger charge is 2.25. The SMILES string of the molecule is c1ccc(CSc2cncc(N3CCC(Oc4ccncc4)C3)n2)cc1. The van der Waals surface area contributed by atoms with Crippen LogP contribution in [0.25, 0.3) is 0 Å². The molecule has 1 fully saturated rings. The predicted molar refractivity (Wildman–Crippen MR) is 104 cm³/mol. The first-order chi connectivity index (χ1) is 12.9. The Labute approximate surface area is 157 Å². The Morgan fingerprint density at radius 1 is 1.04 bits per heavy atom. The minimum absolute atomic E-state index is 0.167. The number of thioether (sulfide) groups is 1. The molecule has 3 aromatic rings. The summed E-state index contributed by atoms with van der Waals surface area (Å²) >= 11 is 1.71. The van der Waals surface area contributed by atoms with Gasteiger partial charge in [0, 0.05) is 31.1 Å². The molecule has 0 aliphatic carbocycles. The number of aromatic nitrogens is 3. The van der Waals surface area contributed by atoms with Crippen LogP contribution in [0, 0.1) is 0 Å². The Morgan fingerprint density at radius 2 is 1.88 bits per heavy atom. The highest BCUT2D eigenvalue weighted by atomic mass is 32.2. The zero-order chi connectivity index (χ0) is 17.6. The van der Waals surface area contributed by atoms with Crippen molar-refractivity contribution in [2.45, 2.75) is 23.3 Å². The van der Waals surface area contributed by atoms with E-state index >= 15 is 0 Å².